The van der Waals surface area contributed by atoms with Crippen LogP contribution in [0.15, 0.2) is 24.3 Å². The fraction of sp³-hybridized carbons (Fsp3) is 0.667. The average molecular weight is 583 g/mol. The van der Waals surface area contributed by atoms with Crippen molar-refractivity contribution in [2.24, 2.45) is 0 Å². The van der Waals surface area contributed by atoms with Gasteiger partial charge in [-0.15, -0.1) is 0 Å². The number of halogens is 17. The number of alkyl halides is 17. The van der Waals surface area contributed by atoms with Crippen LogP contribution in [0.5, 0.6) is 0 Å². The second kappa shape index (κ2) is 9.92. The maximum Gasteiger partial charge on any atom is 0.460 e. The summed E-state index contributed by atoms with van der Waals surface area (Å²) < 4.78 is 225. The Morgan fingerprint density at radius 1 is 0.541 bits per heavy atom. The molecule has 19 heteroatoms. The van der Waals surface area contributed by atoms with Crippen molar-refractivity contribution in [1.82, 2.24) is 5.48 Å². The molecule has 216 valence electrons. The van der Waals surface area contributed by atoms with Gasteiger partial charge in [0.05, 0.1) is 6.61 Å². The predicted octanol–water partition coefficient (Wildman–Crippen LogP) is 7.28. The van der Waals surface area contributed by atoms with Crippen LogP contribution in [0.3, 0.4) is 0 Å². The third-order valence-electron chi connectivity index (χ3n) is 4.92. The summed E-state index contributed by atoms with van der Waals surface area (Å²) in [5.41, 5.74) is 2.26. The van der Waals surface area contributed by atoms with E-state index in [1.807, 2.05) is 0 Å². The fourth-order valence-electron chi connectivity index (χ4n) is 2.61. The normalized spacial score (nSPS) is 15.3. The van der Waals surface area contributed by atoms with Crippen LogP contribution in [0.2, 0.25) is 0 Å². The van der Waals surface area contributed by atoms with E-state index in [0.29, 0.717) is 5.56 Å². The molecule has 0 fully saturated rings. The molecule has 1 aromatic carbocycles. The Morgan fingerprint density at radius 2 is 0.892 bits per heavy atom. The van der Waals surface area contributed by atoms with E-state index in [9.17, 15) is 74.6 Å². The van der Waals surface area contributed by atoms with E-state index in [-0.39, 0.29) is 12.2 Å². The van der Waals surface area contributed by atoms with Gasteiger partial charge in [-0.3, -0.25) is 4.84 Å². The fourth-order valence-corrected chi connectivity index (χ4v) is 2.61. The molecule has 0 amide bonds. The standard InChI is InChI=1S/C18H14F17NO/c1-36-37-8-10-4-2-9(3-5-10)6-7-11(19,20)12(21,22)13(23,24)14(25,26)15(27,28)16(29,30)17(31,32)18(33,34)35/h2-5,36H,6-8H2,1H3. The molecular formula is C18H14F17NO. The van der Waals surface area contributed by atoms with Crippen molar-refractivity contribution in [2.45, 2.75) is 67.1 Å². The molecule has 0 radical (unpaired) electrons. The second-order valence-electron chi connectivity index (χ2n) is 7.46. The van der Waals surface area contributed by atoms with Crippen molar-refractivity contribution in [1.29, 1.82) is 0 Å². The summed E-state index contributed by atoms with van der Waals surface area (Å²) in [7, 11) is 1.36. The molecule has 37 heavy (non-hydrogen) atoms. The molecule has 0 spiro atoms. The second-order valence-corrected chi connectivity index (χ2v) is 7.46. The van der Waals surface area contributed by atoms with E-state index in [0.717, 1.165) is 24.3 Å². The average Bonchev–Trinajstić information content (AvgIpc) is 2.75. The van der Waals surface area contributed by atoms with Crippen LogP contribution in [0.4, 0.5) is 74.6 Å². The smallest absolute Gasteiger partial charge is 0.297 e. The highest BCUT2D eigenvalue weighted by molar-refractivity contribution is 5.23. The van der Waals surface area contributed by atoms with Crippen LogP contribution in [0.25, 0.3) is 0 Å². The first kappa shape index (κ1) is 33.0. The first-order chi connectivity index (χ1) is 16.3. The number of hydrogen-bond acceptors (Lipinski definition) is 2. The predicted molar refractivity (Wildman–Crippen MR) is 89.3 cm³/mol. The summed E-state index contributed by atoms with van der Waals surface area (Å²) in [6.07, 6.45) is -11.6. The number of rotatable bonds is 12. The Labute approximate surface area is 195 Å². The van der Waals surface area contributed by atoms with Gasteiger partial charge in [0.2, 0.25) is 0 Å². The molecule has 0 aliphatic rings. The number of benzene rings is 1. The van der Waals surface area contributed by atoms with Gasteiger partial charge in [0, 0.05) is 13.5 Å². The summed E-state index contributed by atoms with van der Waals surface area (Å²) in [5, 5.41) is 0. The maximum absolute atomic E-state index is 13.9. The van der Waals surface area contributed by atoms with Gasteiger partial charge in [0.15, 0.2) is 0 Å². The largest absolute Gasteiger partial charge is 0.460 e. The molecule has 1 rings (SSSR count). The molecule has 0 saturated heterocycles. The molecule has 1 N–H and O–H groups in total. The highest BCUT2D eigenvalue weighted by Crippen LogP contribution is 2.64. The first-order valence-corrected chi connectivity index (χ1v) is 9.34. The minimum Gasteiger partial charge on any atom is -0.297 e. The van der Waals surface area contributed by atoms with Crippen LogP contribution in [-0.2, 0) is 17.9 Å². The molecular weight excluding hydrogens is 569 g/mol. The number of aryl methyl sites for hydroxylation is 1. The first-order valence-electron chi connectivity index (χ1n) is 9.34. The lowest BCUT2D eigenvalue weighted by Gasteiger charge is -2.42. The Bertz CT molecular complexity index is 908. The van der Waals surface area contributed by atoms with Crippen molar-refractivity contribution >= 4 is 0 Å². The van der Waals surface area contributed by atoms with Crippen molar-refractivity contribution < 1.29 is 79.5 Å². The molecule has 0 aromatic heterocycles. The number of hydrogen-bond donors (Lipinski definition) is 1. The van der Waals surface area contributed by atoms with Crippen LogP contribution >= 0.6 is 0 Å². The van der Waals surface area contributed by atoms with Gasteiger partial charge in [0.25, 0.3) is 0 Å². The van der Waals surface area contributed by atoms with Gasteiger partial charge in [-0.2, -0.15) is 74.6 Å². The van der Waals surface area contributed by atoms with Gasteiger partial charge in [-0.05, 0) is 17.5 Å². The van der Waals surface area contributed by atoms with Crippen LogP contribution in [-0.4, -0.2) is 54.7 Å². The van der Waals surface area contributed by atoms with E-state index in [2.05, 4.69) is 5.48 Å². The van der Waals surface area contributed by atoms with E-state index in [1.165, 1.54) is 7.05 Å². The molecule has 0 aliphatic heterocycles. The Morgan fingerprint density at radius 3 is 1.27 bits per heavy atom. The summed E-state index contributed by atoms with van der Waals surface area (Å²) in [5.74, 6) is -56.2. The maximum atomic E-state index is 13.9. The van der Waals surface area contributed by atoms with Crippen LogP contribution < -0.4 is 5.48 Å². The Hall–Kier alpha value is -2.05. The van der Waals surface area contributed by atoms with Gasteiger partial charge in [-0.25, -0.2) is 5.48 Å². The molecule has 0 aliphatic carbocycles. The summed E-state index contributed by atoms with van der Waals surface area (Å²) in [6, 6.07) is 4.19. The van der Waals surface area contributed by atoms with Crippen molar-refractivity contribution in [3.05, 3.63) is 35.4 Å². The quantitative estimate of drug-likeness (QED) is 0.206. The number of hydroxylamine groups is 1. The van der Waals surface area contributed by atoms with E-state index in [1.54, 1.807) is 0 Å². The zero-order chi connectivity index (χ0) is 29.5. The lowest BCUT2D eigenvalue weighted by molar-refractivity contribution is -0.461. The molecule has 0 atom stereocenters. The molecule has 1 aromatic rings. The molecule has 0 unspecified atom stereocenters. The van der Waals surface area contributed by atoms with Crippen molar-refractivity contribution in [2.75, 3.05) is 7.05 Å². The summed E-state index contributed by atoms with van der Waals surface area (Å²) in [6.45, 7) is -0.113. The number of nitrogens with one attached hydrogen (secondary N) is 1. The molecule has 0 saturated carbocycles. The lowest BCUT2D eigenvalue weighted by Crippen LogP contribution is -2.74. The Kier molecular flexibility index (Phi) is 8.84. The Balaban J connectivity index is 3.33. The summed E-state index contributed by atoms with van der Waals surface area (Å²) in [4.78, 5) is 4.73. The third-order valence-corrected chi connectivity index (χ3v) is 4.92. The monoisotopic (exact) mass is 583 g/mol. The third kappa shape index (κ3) is 5.29. The highest BCUT2D eigenvalue weighted by atomic mass is 19.4. The van der Waals surface area contributed by atoms with Gasteiger partial charge in [0.1, 0.15) is 0 Å². The van der Waals surface area contributed by atoms with E-state index >= 15 is 0 Å². The van der Waals surface area contributed by atoms with Gasteiger partial charge >= 0.3 is 47.6 Å². The highest BCUT2D eigenvalue weighted by Gasteiger charge is 2.95. The summed E-state index contributed by atoms with van der Waals surface area (Å²) >= 11 is 0. The van der Waals surface area contributed by atoms with Crippen LogP contribution in [0.1, 0.15) is 17.5 Å². The zero-order valence-electron chi connectivity index (χ0n) is 17.8. The van der Waals surface area contributed by atoms with Crippen LogP contribution in [0, 0.1) is 0 Å². The minimum absolute atomic E-state index is 0.113. The van der Waals surface area contributed by atoms with Crippen molar-refractivity contribution in [3.8, 4) is 0 Å². The zero-order valence-corrected chi connectivity index (χ0v) is 17.8. The minimum atomic E-state index is -8.62. The topological polar surface area (TPSA) is 21.3 Å². The lowest BCUT2D eigenvalue weighted by atomic mass is 9.87. The van der Waals surface area contributed by atoms with E-state index < -0.39 is 60.5 Å². The molecule has 0 bridgehead atoms. The molecule has 0 heterocycles. The van der Waals surface area contributed by atoms with Gasteiger partial charge < -0.3 is 0 Å². The van der Waals surface area contributed by atoms with E-state index in [4.69, 9.17) is 4.84 Å². The van der Waals surface area contributed by atoms with Crippen molar-refractivity contribution in [3.63, 3.8) is 0 Å². The van der Waals surface area contributed by atoms with Gasteiger partial charge in [-0.1, -0.05) is 24.3 Å². The SMILES string of the molecule is CNOCc1ccc(CCC(F)(F)C(F)(F)C(F)(F)C(F)(F)C(F)(F)C(F)(F)C(F)(F)C(F)(F)F)cc1. The molecule has 2 nitrogen and oxygen atoms in total.